The van der Waals surface area contributed by atoms with Crippen molar-refractivity contribution < 1.29 is 19.1 Å². The molecule has 110 valence electrons. The number of methoxy groups -OCH3 is 1. The highest BCUT2D eigenvalue weighted by molar-refractivity contribution is 7.13. The average molecular weight is 298 g/mol. The van der Waals surface area contributed by atoms with Crippen molar-refractivity contribution in [2.24, 2.45) is 0 Å². The van der Waals surface area contributed by atoms with Gasteiger partial charge in [0.05, 0.1) is 12.8 Å². The molecule has 1 aromatic rings. The number of hydrogen-bond donors (Lipinski definition) is 1. The van der Waals surface area contributed by atoms with Crippen LogP contribution in [-0.4, -0.2) is 36.7 Å². The van der Waals surface area contributed by atoms with E-state index in [0.717, 1.165) is 18.5 Å². The molecule has 1 N–H and O–H groups in total. The van der Waals surface area contributed by atoms with Crippen LogP contribution in [0.25, 0.3) is 0 Å². The minimum absolute atomic E-state index is 0.127. The van der Waals surface area contributed by atoms with Gasteiger partial charge >= 0.3 is 5.97 Å². The minimum atomic E-state index is -0.346. The van der Waals surface area contributed by atoms with Gasteiger partial charge in [-0.05, 0) is 25.7 Å². The Kier molecular flexibility index (Phi) is 5.49. The minimum Gasteiger partial charge on any atom is -0.469 e. The molecule has 1 saturated heterocycles. The summed E-state index contributed by atoms with van der Waals surface area (Å²) in [6.07, 6.45) is 3.11. The summed E-state index contributed by atoms with van der Waals surface area (Å²) in [5, 5.41) is 5.24. The van der Waals surface area contributed by atoms with Gasteiger partial charge in [0.15, 0.2) is 5.13 Å². The number of ether oxygens (including phenoxy) is 2. The van der Waals surface area contributed by atoms with Gasteiger partial charge in [-0.3, -0.25) is 14.9 Å². The van der Waals surface area contributed by atoms with E-state index < -0.39 is 0 Å². The molecule has 20 heavy (non-hydrogen) atoms. The van der Waals surface area contributed by atoms with Gasteiger partial charge in [-0.1, -0.05) is 0 Å². The summed E-state index contributed by atoms with van der Waals surface area (Å²) in [5.41, 5.74) is 0.876. The Balaban J connectivity index is 1.76. The molecule has 0 saturated carbocycles. The van der Waals surface area contributed by atoms with E-state index in [2.05, 4.69) is 15.0 Å². The number of nitrogens with one attached hydrogen (secondary N) is 1. The second-order valence-electron chi connectivity index (χ2n) is 4.56. The average Bonchev–Trinajstić information content (AvgIpc) is 3.10. The lowest BCUT2D eigenvalue weighted by Crippen LogP contribution is -2.26. The van der Waals surface area contributed by atoms with Crippen molar-refractivity contribution in [2.75, 3.05) is 19.0 Å². The van der Waals surface area contributed by atoms with Crippen molar-refractivity contribution in [3.63, 3.8) is 0 Å². The molecule has 1 amide bonds. The van der Waals surface area contributed by atoms with E-state index in [-0.39, 0.29) is 18.0 Å². The number of amides is 1. The molecule has 1 unspecified atom stereocenters. The van der Waals surface area contributed by atoms with Gasteiger partial charge < -0.3 is 9.47 Å². The summed E-state index contributed by atoms with van der Waals surface area (Å²) in [6.45, 7) is 0.648. The third kappa shape index (κ3) is 4.28. The largest absolute Gasteiger partial charge is 0.469 e. The van der Waals surface area contributed by atoms with Crippen molar-refractivity contribution in [3.8, 4) is 0 Å². The highest BCUT2D eigenvalue weighted by atomic mass is 32.1. The van der Waals surface area contributed by atoms with E-state index in [0.29, 0.717) is 31.0 Å². The molecule has 1 aliphatic heterocycles. The van der Waals surface area contributed by atoms with Gasteiger partial charge in [-0.2, -0.15) is 0 Å². The number of hydrogen-bond acceptors (Lipinski definition) is 6. The lowest BCUT2D eigenvalue weighted by Gasteiger charge is -2.07. The highest BCUT2D eigenvalue weighted by Gasteiger charge is 2.24. The molecule has 0 spiro atoms. The quantitative estimate of drug-likeness (QED) is 0.810. The van der Waals surface area contributed by atoms with Gasteiger partial charge in [-0.25, -0.2) is 4.98 Å². The number of aromatic nitrogens is 1. The van der Waals surface area contributed by atoms with E-state index in [1.807, 2.05) is 5.38 Å². The molecule has 0 radical (unpaired) electrons. The molecule has 1 atom stereocenters. The van der Waals surface area contributed by atoms with E-state index in [1.165, 1.54) is 18.4 Å². The first-order chi connectivity index (χ1) is 9.69. The summed E-state index contributed by atoms with van der Waals surface area (Å²) >= 11 is 1.39. The van der Waals surface area contributed by atoms with Crippen LogP contribution in [0.3, 0.4) is 0 Å². The maximum Gasteiger partial charge on any atom is 0.305 e. The summed E-state index contributed by atoms with van der Waals surface area (Å²) in [4.78, 5) is 27.1. The zero-order chi connectivity index (χ0) is 14.4. The molecule has 1 aromatic heterocycles. The molecule has 7 heteroatoms. The fourth-order valence-corrected chi connectivity index (χ4v) is 2.71. The Morgan fingerprint density at radius 2 is 2.45 bits per heavy atom. The smallest absolute Gasteiger partial charge is 0.305 e. The van der Waals surface area contributed by atoms with E-state index in [1.54, 1.807) is 0 Å². The highest BCUT2D eigenvalue weighted by Crippen LogP contribution is 2.19. The molecule has 2 heterocycles. The Bertz CT molecular complexity index is 469. The predicted molar refractivity (Wildman–Crippen MR) is 74.7 cm³/mol. The maximum atomic E-state index is 11.8. The molecule has 0 aliphatic carbocycles. The van der Waals surface area contributed by atoms with E-state index in [9.17, 15) is 9.59 Å². The zero-order valence-corrected chi connectivity index (χ0v) is 12.2. The van der Waals surface area contributed by atoms with Gasteiger partial charge in [-0.15, -0.1) is 11.3 Å². The Morgan fingerprint density at radius 1 is 1.60 bits per heavy atom. The van der Waals surface area contributed by atoms with Gasteiger partial charge in [0.2, 0.25) is 0 Å². The molecular formula is C13H18N2O4S. The Labute approximate surface area is 121 Å². The van der Waals surface area contributed by atoms with Gasteiger partial charge in [0.1, 0.15) is 6.10 Å². The van der Waals surface area contributed by atoms with E-state index >= 15 is 0 Å². The van der Waals surface area contributed by atoms with Gasteiger partial charge in [0.25, 0.3) is 5.91 Å². The van der Waals surface area contributed by atoms with Crippen LogP contribution in [0, 0.1) is 0 Å². The summed E-state index contributed by atoms with van der Waals surface area (Å²) in [6, 6.07) is 0. The fraction of sp³-hybridized carbons (Fsp3) is 0.615. The van der Waals surface area contributed by atoms with E-state index in [4.69, 9.17) is 4.74 Å². The SMILES string of the molecule is COC(=O)CCCc1csc(NC(=O)C2CCCO2)n1. The maximum absolute atomic E-state index is 11.8. The van der Waals surface area contributed by atoms with Crippen LogP contribution >= 0.6 is 11.3 Å². The van der Waals surface area contributed by atoms with Crippen LogP contribution in [0.2, 0.25) is 0 Å². The van der Waals surface area contributed by atoms with Crippen molar-refractivity contribution >= 4 is 28.3 Å². The van der Waals surface area contributed by atoms with Crippen LogP contribution in [0.5, 0.6) is 0 Å². The fourth-order valence-electron chi connectivity index (χ4n) is 1.97. The first kappa shape index (κ1) is 14.9. The number of esters is 1. The lowest BCUT2D eigenvalue weighted by molar-refractivity contribution is -0.140. The molecular weight excluding hydrogens is 280 g/mol. The number of aryl methyl sites for hydroxylation is 1. The first-order valence-corrected chi connectivity index (χ1v) is 7.50. The Hall–Kier alpha value is -1.47. The number of nitrogens with zero attached hydrogens (tertiary/aromatic N) is 1. The van der Waals surface area contributed by atoms with Crippen LogP contribution in [0.15, 0.2) is 5.38 Å². The molecule has 6 nitrogen and oxygen atoms in total. The third-order valence-electron chi connectivity index (χ3n) is 3.05. The van der Waals surface area contributed by atoms with Crippen LogP contribution in [0.4, 0.5) is 5.13 Å². The molecule has 1 fully saturated rings. The summed E-state index contributed by atoms with van der Waals surface area (Å²) < 4.78 is 9.89. The Morgan fingerprint density at radius 3 is 3.15 bits per heavy atom. The van der Waals surface area contributed by atoms with Crippen molar-refractivity contribution in [1.29, 1.82) is 0 Å². The predicted octanol–water partition coefficient (Wildman–Crippen LogP) is 1.76. The number of anilines is 1. The third-order valence-corrected chi connectivity index (χ3v) is 3.85. The van der Waals surface area contributed by atoms with Gasteiger partial charge in [0, 0.05) is 18.4 Å². The van der Waals surface area contributed by atoms with Crippen LogP contribution < -0.4 is 5.32 Å². The monoisotopic (exact) mass is 298 g/mol. The second-order valence-corrected chi connectivity index (χ2v) is 5.42. The first-order valence-electron chi connectivity index (χ1n) is 6.62. The summed E-state index contributed by atoms with van der Waals surface area (Å²) in [5.74, 6) is -0.343. The zero-order valence-electron chi connectivity index (χ0n) is 11.4. The lowest BCUT2D eigenvalue weighted by atomic mass is 10.2. The van der Waals surface area contributed by atoms with Crippen LogP contribution in [-0.2, 0) is 25.5 Å². The number of thiazole rings is 1. The van der Waals surface area contributed by atoms with Crippen molar-refractivity contribution in [3.05, 3.63) is 11.1 Å². The molecule has 0 bridgehead atoms. The normalized spacial score (nSPS) is 17.9. The topological polar surface area (TPSA) is 77.5 Å². The molecule has 0 aromatic carbocycles. The molecule has 2 rings (SSSR count). The number of carbonyl (C=O) groups is 2. The second kappa shape index (κ2) is 7.35. The van der Waals surface area contributed by atoms with Crippen molar-refractivity contribution in [1.82, 2.24) is 4.98 Å². The summed E-state index contributed by atoms with van der Waals surface area (Å²) in [7, 11) is 1.38. The molecule has 1 aliphatic rings. The standard InChI is InChI=1S/C13H18N2O4S/c1-18-11(16)6-2-4-9-8-20-13(14-9)15-12(17)10-5-3-7-19-10/h8,10H,2-7H2,1H3,(H,14,15,17). The van der Waals surface area contributed by atoms with Crippen LogP contribution in [0.1, 0.15) is 31.4 Å². The number of carbonyl (C=O) groups excluding carboxylic acids is 2. The number of rotatable bonds is 6. The van der Waals surface area contributed by atoms with Crippen molar-refractivity contribution in [2.45, 2.75) is 38.2 Å².